The fraction of sp³-hybridized carbons (Fsp3) is 0.364. The third-order valence-electron chi connectivity index (χ3n) is 6.17. The standard InChI is InChI=1S/C22H22N6O2/c1-12(14-7-20(29)23-9-14)30-22-21-19(24-11-28(21)16-3-4-16)8-18(26-22)13-2-5-17-15(6-13)10-25-27-17/h2,5-6,8,10-12,14,16H,3-4,7,9H2,1H3,(H,23,29)(H,25,27)/t12-,14-/m1/s1. The van der Waals surface area contributed by atoms with Crippen molar-refractivity contribution >= 4 is 27.8 Å². The van der Waals surface area contributed by atoms with E-state index < -0.39 is 0 Å². The van der Waals surface area contributed by atoms with Crippen molar-refractivity contribution in [3.63, 3.8) is 0 Å². The number of amides is 1. The maximum atomic E-state index is 11.7. The van der Waals surface area contributed by atoms with E-state index in [1.165, 1.54) is 0 Å². The molecule has 0 bridgehead atoms. The van der Waals surface area contributed by atoms with Gasteiger partial charge in [0, 0.05) is 35.9 Å². The molecule has 1 aromatic carbocycles. The number of ether oxygens (including phenoxy) is 1. The second-order valence-corrected chi connectivity index (χ2v) is 8.33. The summed E-state index contributed by atoms with van der Waals surface area (Å²) in [6.07, 6.45) is 6.37. The topological polar surface area (TPSA) is 97.7 Å². The minimum absolute atomic E-state index is 0.0822. The molecule has 2 atom stereocenters. The lowest BCUT2D eigenvalue weighted by Crippen LogP contribution is -2.26. The van der Waals surface area contributed by atoms with E-state index in [2.05, 4.69) is 31.1 Å². The van der Waals surface area contributed by atoms with E-state index >= 15 is 0 Å². The van der Waals surface area contributed by atoms with Gasteiger partial charge < -0.3 is 14.6 Å². The average Bonchev–Trinajstić information content (AvgIpc) is 3.14. The number of nitrogens with one attached hydrogen (secondary N) is 2. The van der Waals surface area contributed by atoms with Crippen molar-refractivity contribution < 1.29 is 9.53 Å². The Bertz CT molecular complexity index is 1270. The number of carbonyl (C=O) groups is 1. The SMILES string of the molecule is C[C@@H](Oc1nc(-c2ccc3[nH]ncc3c2)cc2ncn(C3CC3)c12)[C@H]1CNC(=O)C1. The van der Waals surface area contributed by atoms with Gasteiger partial charge in [-0.2, -0.15) is 5.10 Å². The zero-order valence-corrected chi connectivity index (χ0v) is 16.6. The number of fused-ring (bicyclic) bond motifs is 2. The number of rotatable bonds is 5. The van der Waals surface area contributed by atoms with E-state index in [0.29, 0.717) is 24.9 Å². The van der Waals surface area contributed by atoms with Crippen LogP contribution in [0.25, 0.3) is 33.2 Å². The molecular weight excluding hydrogens is 380 g/mol. The molecule has 8 heteroatoms. The second-order valence-electron chi connectivity index (χ2n) is 8.33. The summed E-state index contributed by atoms with van der Waals surface area (Å²) < 4.78 is 8.57. The van der Waals surface area contributed by atoms with E-state index in [1.807, 2.05) is 37.6 Å². The summed E-state index contributed by atoms with van der Waals surface area (Å²) in [6, 6.07) is 8.59. The van der Waals surface area contributed by atoms with E-state index in [4.69, 9.17) is 9.72 Å². The van der Waals surface area contributed by atoms with E-state index in [9.17, 15) is 4.79 Å². The first kappa shape index (κ1) is 17.4. The van der Waals surface area contributed by atoms with Crippen molar-refractivity contribution in [2.75, 3.05) is 6.54 Å². The molecule has 8 nitrogen and oxygen atoms in total. The van der Waals surface area contributed by atoms with Gasteiger partial charge in [0.15, 0.2) is 0 Å². The molecule has 4 aromatic rings. The van der Waals surface area contributed by atoms with Gasteiger partial charge in [-0.25, -0.2) is 9.97 Å². The Morgan fingerprint density at radius 2 is 2.17 bits per heavy atom. The van der Waals surface area contributed by atoms with Crippen LogP contribution in [0, 0.1) is 5.92 Å². The van der Waals surface area contributed by atoms with Crippen LogP contribution >= 0.6 is 0 Å². The zero-order valence-electron chi connectivity index (χ0n) is 16.6. The van der Waals surface area contributed by atoms with Crippen molar-refractivity contribution in [3.05, 3.63) is 36.8 Å². The Morgan fingerprint density at radius 3 is 2.97 bits per heavy atom. The van der Waals surface area contributed by atoms with Crippen molar-refractivity contribution in [2.45, 2.75) is 38.3 Å². The van der Waals surface area contributed by atoms with Crippen LogP contribution < -0.4 is 10.1 Å². The first-order valence-corrected chi connectivity index (χ1v) is 10.4. The van der Waals surface area contributed by atoms with Crippen LogP contribution in [0.15, 0.2) is 36.8 Å². The van der Waals surface area contributed by atoms with Crippen LogP contribution in [0.5, 0.6) is 5.88 Å². The van der Waals surface area contributed by atoms with Crippen molar-refractivity contribution in [2.24, 2.45) is 5.92 Å². The van der Waals surface area contributed by atoms with Crippen LogP contribution in [0.3, 0.4) is 0 Å². The number of aromatic amines is 1. The number of benzene rings is 1. The number of carbonyl (C=O) groups excluding carboxylic acids is 1. The van der Waals surface area contributed by atoms with Crippen molar-refractivity contribution in [3.8, 4) is 17.1 Å². The monoisotopic (exact) mass is 402 g/mol. The lowest BCUT2D eigenvalue weighted by Gasteiger charge is -2.20. The number of aromatic nitrogens is 5. The van der Waals surface area contributed by atoms with Crippen LogP contribution in [-0.4, -0.2) is 43.3 Å². The van der Waals surface area contributed by atoms with Gasteiger partial charge in [0.2, 0.25) is 11.8 Å². The summed E-state index contributed by atoms with van der Waals surface area (Å²) in [7, 11) is 0. The van der Waals surface area contributed by atoms with Gasteiger partial charge in [-0.3, -0.25) is 9.89 Å². The molecule has 4 heterocycles. The van der Waals surface area contributed by atoms with Crippen LogP contribution in [-0.2, 0) is 4.79 Å². The normalized spacial score (nSPS) is 20.0. The summed E-state index contributed by atoms with van der Waals surface area (Å²) in [5.74, 6) is 0.808. The lowest BCUT2D eigenvalue weighted by atomic mass is 10.0. The fourth-order valence-corrected chi connectivity index (χ4v) is 4.22. The molecule has 1 saturated carbocycles. The highest BCUT2D eigenvalue weighted by atomic mass is 16.5. The molecule has 2 aliphatic rings. The number of hydrogen-bond donors (Lipinski definition) is 2. The summed E-state index contributed by atoms with van der Waals surface area (Å²) in [4.78, 5) is 21.2. The molecule has 30 heavy (non-hydrogen) atoms. The summed E-state index contributed by atoms with van der Waals surface area (Å²) in [6.45, 7) is 2.66. The Balaban J connectivity index is 1.44. The van der Waals surface area contributed by atoms with E-state index in [0.717, 1.165) is 46.0 Å². The minimum Gasteiger partial charge on any atom is -0.473 e. The number of nitrogens with zero attached hydrogens (tertiary/aromatic N) is 4. The Morgan fingerprint density at radius 1 is 1.27 bits per heavy atom. The summed E-state index contributed by atoms with van der Waals surface area (Å²) in [5, 5.41) is 11.0. The molecule has 2 N–H and O–H groups in total. The Hall–Kier alpha value is -3.42. The largest absolute Gasteiger partial charge is 0.473 e. The molecule has 1 amide bonds. The fourth-order valence-electron chi connectivity index (χ4n) is 4.22. The van der Waals surface area contributed by atoms with Gasteiger partial charge in [-0.05, 0) is 38.0 Å². The third kappa shape index (κ3) is 2.91. The van der Waals surface area contributed by atoms with Crippen LogP contribution in [0.1, 0.15) is 32.2 Å². The van der Waals surface area contributed by atoms with Gasteiger partial charge in [-0.1, -0.05) is 6.07 Å². The first-order chi connectivity index (χ1) is 14.7. The molecular formula is C22H22N6O2. The number of hydrogen-bond acceptors (Lipinski definition) is 5. The molecule has 152 valence electrons. The molecule has 0 unspecified atom stereocenters. The van der Waals surface area contributed by atoms with E-state index in [1.54, 1.807) is 0 Å². The van der Waals surface area contributed by atoms with Crippen molar-refractivity contribution in [1.29, 1.82) is 0 Å². The highest BCUT2D eigenvalue weighted by molar-refractivity contribution is 5.88. The molecule has 0 spiro atoms. The highest BCUT2D eigenvalue weighted by Gasteiger charge is 2.31. The highest BCUT2D eigenvalue weighted by Crippen LogP contribution is 2.40. The molecule has 0 radical (unpaired) electrons. The summed E-state index contributed by atoms with van der Waals surface area (Å²) in [5.41, 5.74) is 4.61. The predicted molar refractivity (Wildman–Crippen MR) is 112 cm³/mol. The van der Waals surface area contributed by atoms with Crippen LogP contribution in [0.2, 0.25) is 0 Å². The molecule has 1 aliphatic carbocycles. The number of H-pyrrole nitrogens is 1. The summed E-state index contributed by atoms with van der Waals surface area (Å²) >= 11 is 0. The van der Waals surface area contributed by atoms with Gasteiger partial charge in [0.1, 0.15) is 11.6 Å². The molecule has 3 aromatic heterocycles. The Labute approximate surface area is 172 Å². The van der Waals surface area contributed by atoms with Gasteiger partial charge >= 0.3 is 0 Å². The van der Waals surface area contributed by atoms with Gasteiger partial charge in [0.05, 0.1) is 29.3 Å². The van der Waals surface area contributed by atoms with Crippen molar-refractivity contribution in [1.82, 2.24) is 30.0 Å². The first-order valence-electron chi connectivity index (χ1n) is 10.4. The van der Waals surface area contributed by atoms with Crippen LogP contribution in [0.4, 0.5) is 0 Å². The molecule has 1 saturated heterocycles. The molecule has 1 aliphatic heterocycles. The smallest absolute Gasteiger partial charge is 0.241 e. The predicted octanol–water partition coefficient (Wildman–Crippen LogP) is 3.21. The lowest BCUT2D eigenvalue weighted by molar-refractivity contribution is -0.119. The third-order valence-corrected chi connectivity index (χ3v) is 6.17. The number of pyridine rings is 1. The quantitative estimate of drug-likeness (QED) is 0.534. The second kappa shape index (κ2) is 6.55. The van der Waals surface area contributed by atoms with Gasteiger partial charge in [-0.15, -0.1) is 0 Å². The maximum absolute atomic E-state index is 11.7. The maximum Gasteiger partial charge on any atom is 0.241 e. The molecule has 6 rings (SSSR count). The Kier molecular flexibility index (Phi) is 3.81. The molecule has 2 fully saturated rings. The number of imidazole rings is 1. The van der Waals surface area contributed by atoms with Gasteiger partial charge in [0.25, 0.3) is 0 Å². The average molecular weight is 402 g/mol. The minimum atomic E-state index is -0.131. The van der Waals surface area contributed by atoms with E-state index in [-0.39, 0.29) is 17.9 Å². The zero-order chi connectivity index (χ0) is 20.2.